The maximum atomic E-state index is 9.12. The van der Waals surface area contributed by atoms with Gasteiger partial charge in [-0.25, -0.2) is 0 Å². The molecule has 0 aliphatic rings. The van der Waals surface area contributed by atoms with Crippen molar-refractivity contribution in [1.82, 2.24) is 4.98 Å². The molecule has 0 N–H and O–H groups in total. The summed E-state index contributed by atoms with van der Waals surface area (Å²) < 4.78 is 0. The summed E-state index contributed by atoms with van der Waals surface area (Å²) in [4.78, 5) is 4.32. The summed E-state index contributed by atoms with van der Waals surface area (Å²) in [6.45, 7) is 3.89. The first-order chi connectivity index (χ1) is 8.10. The third-order valence-electron chi connectivity index (χ3n) is 2.49. The van der Waals surface area contributed by atoms with E-state index in [0.29, 0.717) is 10.6 Å². The van der Waals surface area contributed by atoms with Gasteiger partial charge in [-0.05, 0) is 49.2 Å². The first kappa shape index (κ1) is 11.6. The minimum Gasteiger partial charge on any atom is -0.258 e. The first-order valence-corrected chi connectivity index (χ1v) is 5.63. The molecule has 1 aromatic carbocycles. The van der Waals surface area contributed by atoms with Crippen molar-refractivity contribution >= 4 is 11.6 Å². The van der Waals surface area contributed by atoms with Crippen molar-refractivity contribution in [3.63, 3.8) is 0 Å². The van der Waals surface area contributed by atoms with E-state index in [0.717, 1.165) is 22.5 Å². The molecule has 0 saturated heterocycles. The van der Waals surface area contributed by atoms with Gasteiger partial charge in [0.25, 0.3) is 0 Å². The van der Waals surface area contributed by atoms with Gasteiger partial charge in [0.1, 0.15) is 0 Å². The molecule has 0 aliphatic carbocycles. The molecule has 2 aromatic rings. The number of aryl methyl sites for hydroxylation is 2. The van der Waals surface area contributed by atoms with E-state index in [1.165, 1.54) is 0 Å². The zero-order valence-corrected chi connectivity index (χ0v) is 10.4. The van der Waals surface area contributed by atoms with Crippen LogP contribution >= 0.6 is 11.6 Å². The third-order valence-corrected chi connectivity index (χ3v) is 2.73. The summed E-state index contributed by atoms with van der Waals surface area (Å²) >= 11 is 5.88. The standard InChI is InChI=1S/C14H11ClN2/c1-9-5-11(6-10(2)17-9)14-4-3-13(15)7-12(14)8-16/h3-7H,1-2H3. The van der Waals surface area contributed by atoms with Crippen molar-refractivity contribution in [2.45, 2.75) is 13.8 Å². The summed E-state index contributed by atoms with van der Waals surface area (Å²) in [6, 6.07) is 11.5. The third kappa shape index (κ3) is 2.46. The number of nitrogens with zero attached hydrogens (tertiary/aromatic N) is 2. The predicted octanol–water partition coefficient (Wildman–Crippen LogP) is 3.89. The Bertz CT molecular complexity index is 592. The summed E-state index contributed by atoms with van der Waals surface area (Å²) in [7, 11) is 0. The predicted molar refractivity (Wildman–Crippen MR) is 68.9 cm³/mol. The summed E-state index contributed by atoms with van der Waals surface area (Å²) in [5.41, 5.74) is 4.37. The maximum Gasteiger partial charge on any atom is 0.0998 e. The monoisotopic (exact) mass is 242 g/mol. The molecule has 0 radical (unpaired) electrons. The molecule has 0 saturated carbocycles. The van der Waals surface area contributed by atoms with Crippen LogP contribution in [0.1, 0.15) is 17.0 Å². The minimum atomic E-state index is 0.577. The van der Waals surface area contributed by atoms with Gasteiger partial charge in [-0.2, -0.15) is 5.26 Å². The molecule has 0 unspecified atom stereocenters. The Morgan fingerprint density at radius 3 is 2.35 bits per heavy atom. The smallest absolute Gasteiger partial charge is 0.0998 e. The second-order valence-electron chi connectivity index (χ2n) is 3.94. The van der Waals surface area contributed by atoms with Crippen LogP contribution < -0.4 is 0 Å². The Morgan fingerprint density at radius 1 is 1.12 bits per heavy atom. The Kier molecular flexibility index (Phi) is 3.12. The minimum absolute atomic E-state index is 0.577. The van der Waals surface area contributed by atoms with E-state index in [9.17, 15) is 0 Å². The maximum absolute atomic E-state index is 9.12. The molecule has 84 valence electrons. The fraction of sp³-hybridized carbons (Fsp3) is 0.143. The van der Waals surface area contributed by atoms with Gasteiger partial charge in [-0.15, -0.1) is 0 Å². The van der Waals surface area contributed by atoms with E-state index >= 15 is 0 Å². The van der Waals surface area contributed by atoms with Crippen molar-refractivity contribution in [1.29, 1.82) is 5.26 Å². The molecule has 1 heterocycles. The van der Waals surface area contributed by atoms with Crippen molar-refractivity contribution in [3.05, 3.63) is 52.3 Å². The van der Waals surface area contributed by atoms with Crippen LogP contribution in [-0.2, 0) is 0 Å². The Morgan fingerprint density at radius 2 is 1.76 bits per heavy atom. The van der Waals surface area contributed by atoms with Crippen molar-refractivity contribution in [2.75, 3.05) is 0 Å². The van der Waals surface area contributed by atoms with Crippen LogP contribution in [-0.4, -0.2) is 4.98 Å². The van der Waals surface area contributed by atoms with E-state index in [1.54, 1.807) is 12.1 Å². The first-order valence-electron chi connectivity index (χ1n) is 5.25. The molecule has 17 heavy (non-hydrogen) atoms. The Balaban J connectivity index is 2.64. The van der Waals surface area contributed by atoms with Crippen LogP contribution in [0.3, 0.4) is 0 Å². The quantitative estimate of drug-likeness (QED) is 0.761. The lowest BCUT2D eigenvalue weighted by molar-refractivity contribution is 1.12. The van der Waals surface area contributed by atoms with Gasteiger partial charge in [0.15, 0.2) is 0 Å². The fourth-order valence-corrected chi connectivity index (χ4v) is 2.02. The summed E-state index contributed by atoms with van der Waals surface area (Å²) in [5, 5.41) is 9.70. The van der Waals surface area contributed by atoms with Crippen LogP contribution in [0, 0.1) is 25.2 Å². The second-order valence-corrected chi connectivity index (χ2v) is 4.38. The Hall–Kier alpha value is -1.85. The molecule has 3 heteroatoms. The van der Waals surface area contributed by atoms with Gasteiger partial charge >= 0.3 is 0 Å². The SMILES string of the molecule is Cc1cc(-c2ccc(Cl)cc2C#N)cc(C)n1. The lowest BCUT2D eigenvalue weighted by atomic mass is 10.00. The average Bonchev–Trinajstić information content (AvgIpc) is 2.27. The number of hydrogen-bond acceptors (Lipinski definition) is 2. The number of pyridine rings is 1. The molecule has 0 bridgehead atoms. The van der Waals surface area contributed by atoms with Gasteiger partial charge in [0, 0.05) is 16.4 Å². The lowest BCUT2D eigenvalue weighted by Crippen LogP contribution is -1.90. The molecule has 1 aromatic heterocycles. The molecule has 0 aliphatic heterocycles. The molecule has 2 rings (SSSR count). The normalized spacial score (nSPS) is 10.0. The van der Waals surface area contributed by atoms with Gasteiger partial charge in [0.2, 0.25) is 0 Å². The van der Waals surface area contributed by atoms with E-state index in [2.05, 4.69) is 11.1 Å². The molecular weight excluding hydrogens is 232 g/mol. The molecule has 2 nitrogen and oxygen atoms in total. The molecule has 0 atom stereocenters. The van der Waals surface area contributed by atoms with Crippen LogP contribution in [0.2, 0.25) is 5.02 Å². The zero-order valence-electron chi connectivity index (χ0n) is 9.66. The number of aromatic nitrogens is 1. The van der Waals surface area contributed by atoms with Crippen LogP contribution in [0.25, 0.3) is 11.1 Å². The van der Waals surface area contributed by atoms with Gasteiger partial charge in [-0.1, -0.05) is 17.7 Å². The lowest BCUT2D eigenvalue weighted by Gasteiger charge is -2.07. The highest BCUT2D eigenvalue weighted by Gasteiger charge is 2.07. The van der Waals surface area contributed by atoms with Crippen molar-refractivity contribution in [2.24, 2.45) is 0 Å². The topological polar surface area (TPSA) is 36.7 Å². The number of hydrogen-bond donors (Lipinski definition) is 0. The molecule has 0 spiro atoms. The zero-order chi connectivity index (χ0) is 12.4. The van der Waals surface area contributed by atoms with E-state index < -0.39 is 0 Å². The summed E-state index contributed by atoms with van der Waals surface area (Å²) in [6.07, 6.45) is 0. The van der Waals surface area contributed by atoms with Crippen molar-refractivity contribution in [3.8, 4) is 17.2 Å². The van der Waals surface area contributed by atoms with Crippen LogP contribution in [0.5, 0.6) is 0 Å². The molecular formula is C14H11ClN2. The van der Waals surface area contributed by atoms with Crippen LogP contribution in [0.4, 0.5) is 0 Å². The van der Waals surface area contributed by atoms with Gasteiger partial charge < -0.3 is 0 Å². The van der Waals surface area contributed by atoms with Crippen LogP contribution in [0.15, 0.2) is 30.3 Å². The average molecular weight is 243 g/mol. The number of benzene rings is 1. The number of nitriles is 1. The Labute approximate surface area is 105 Å². The van der Waals surface area contributed by atoms with E-state index in [-0.39, 0.29) is 0 Å². The second kappa shape index (κ2) is 4.57. The highest BCUT2D eigenvalue weighted by atomic mass is 35.5. The summed E-state index contributed by atoms with van der Waals surface area (Å²) in [5.74, 6) is 0. The molecule has 0 amide bonds. The van der Waals surface area contributed by atoms with Crippen molar-refractivity contribution < 1.29 is 0 Å². The highest BCUT2D eigenvalue weighted by Crippen LogP contribution is 2.26. The van der Waals surface area contributed by atoms with Gasteiger partial charge in [-0.3, -0.25) is 4.98 Å². The highest BCUT2D eigenvalue weighted by molar-refractivity contribution is 6.30. The fourth-order valence-electron chi connectivity index (χ4n) is 1.85. The largest absolute Gasteiger partial charge is 0.258 e. The van der Waals surface area contributed by atoms with E-state index in [4.69, 9.17) is 16.9 Å². The number of halogens is 1. The van der Waals surface area contributed by atoms with Gasteiger partial charge in [0.05, 0.1) is 11.6 Å². The number of rotatable bonds is 1. The van der Waals surface area contributed by atoms with E-state index in [1.807, 2.05) is 32.0 Å². The molecule has 0 fully saturated rings.